The summed E-state index contributed by atoms with van der Waals surface area (Å²) >= 11 is 0. The average molecular weight is 441 g/mol. The Morgan fingerprint density at radius 2 is 1.61 bits per heavy atom. The Hall–Kier alpha value is -3.13. The van der Waals surface area contributed by atoms with Crippen LogP contribution >= 0.6 is 0 Å². The standard InChI is InChI=1S/C23H24N2O5S/c1-4-30-23(27)18-13-15-9-8-10-16-14-19(31(28,29)17-11-6-5-7-12-17)22(26)25(3)21(16)20(15)24(18)2/h5-7,11-14H,4,8-10H2,1-3H3. The van der Waals surface area contributed by atoms with Crippen LogP contribution in [0.3, 0.4) is 0 Å². The lowest BCUT2D eigenvalue weighted by Crippen LogP contribution is -2.27. The number of aryl methyl sites for hydroxylation is 2. The summed E-state index contributed by atoms with van der Waals surface area (Å²) in [5.41, 5.74) is 2.92. The summed E-state index contributed by atoms with van der Waals surface area (Å²) in [4.78, 5) is 25.5. The second-order valence-electron chi connectivity index (χ2n) is 7.60. The van der Waals surface area contributed by atoms with Crippen molar-refractivity contribution in [2.45, 2.75) is 36.0 Å². The third-order valence-electron chi connectivity index (χ3n) is 5.72. The molecule has 0 atom stereocenters. The number of sulfone groups is 1. The normalized spacial score (nSPS) is 13.3. The van der Waals surface area contributed by atoms with E-state index in [1.165, 1.54) is 22.8 Å². The Labute approximate surface area is 180 Å². The Kier molecular flexibility index (Phi) is 5.35. The molecule has 0 amide bonds. The molecule has 2 aromatic heterocycles. The number of aromatic nitrogens is 2. The van der Waals surface area contributed by atoms with Gasteiger partial charge in [-0.3, -0.25) is 4.79 Å². The smallest absolute Gasteiger partial charge is 0.354 e. The first-order chi connectivity index (χ1) is 14.8. The van der Waals surface area contributed by atoms with Crippen LogP contribution in [0.4, 0.5) is 0 Å². The number of nitrogens with zero attached hydrogens (tertiary/aromatic N) is 2. The maximum atomic E-state index is 13.2. The topological polar surface area (TPSA) is 87.4 Å². The van der Waals surface area contributed by atoms with Gasteiger partial charge in [0.15, 0.2) is 0 Å². The fourth-order valence-corrected chi connectivity index (χ4v) is 5.66. The van der Waals surface area contributed by atoms with Crippen molar-refractivity contribution in [3.63, 3.8) is 0 Å². The van der Waals surface area contributed by atoms with Crippen LogP contribution in [0.5, 0.6) is 0 Å². The number of esters is 1. The van der Waals surface area contributed by atoms with Gasteiger partial charge in [-0.15, -0.1) is 0 Å². The predicted molar refractivity (Wildman–Crippen MR) is 116 cm³/mol. The van der Waals surface area contributed by atoms with Gasteiger partial charge in [-0.05, 0) is 61.6 Å². The van der Waals surface area contributed by atoms with Crippen LogP contribution in [-0.2, 0) is 41.5 Å². The van der Waals surface area contributed by atoms with E-state index >= 15 is 0 Å². The predicted octanol–water partition coefficient (Wildman–Crippen LogP) is 2.89. The van der Waals surface area contributed by atoms with Gasteiger partial charge in [0.05, 0.1) is 22.9 Å². The molecule has 8 heteroatoms. The van der Waals surface area contributed by atoms with E-state index in [1.54, 1.807) is 43.8 Å². The van der Waals surface area contributed by atoms with Crippen molar-refractivity contribution in [2.75, 3.05) is 6.61 Å². The van der Waals surface area contributed by atoms with Crippen LogP contribution in [-0.4, -0.2) is 30.1 Å². The molecule has 162 valence electrons. The number of hydrogen-bond acceptors (Lipinski definition) is 5. The Morgan fingerprint density at radius 1 is 1.00 bits per heavy atom. The molecule has 0 radical (unpaired) electrons. The first-order valence-electron chi connectivity index (χ1n) is 10.2. The number of hydrogen-bond donors (Lipinski definition) is 0. The summed E-state index contributed by atoms with van der Waals surface area (Å²) in [6.45, 7) is 2.02. The fourth-order valence-electron chi connectivity index (χ4n) is 4.23. The lowest BCUT2D eigenvalue weighted by Gasteiger charge is -2.17. The molecule has 0 unspecified atom stereocenters. The number of pyridine rings is 1. The number of fused-ring (bicyclic) bond motifs is 3. The number of benzene rings is 1. The lowest BCUT2D eigenvalue weighted by atomic mass is 10.1. The summed E-state index contributed by atoms with van der Waals surface area (Å²) < 4.78 is 34.6. The molecule has 1 aliphatic carbocycles. The van der Waals surface area contributed by atoms with E-state index in [2.05, 4.69) is 0 Å². The molecule has 1 aromatic carbocycles. The summed E-state index contributed by atoms with van der Waals surface area (Å²) in [6, 6.07) is 11.3. The number of carbonyl (C=O) groups is 1. The van der Waals surface area contributed by atoms with E-state index in [1.807, 2.05) is 6.07 Å². The minimum absolute atomic E-state index is 0.0878. The molecule has 7 nitrogen and oxygen atoms in total. The summed E-state index contributed by atoms with van der Waals surface area (Å²) in [7, 11) is -0.611. The van der Waals surface area contributed by atoms with Gasteiger partial charge in [-0.2, -0.15) is 0 Å². The van der Waals surface area contributed by atoms with Crippen LogP contribution in [0.2, 0.25) is 0 Å². The van der Waals surface area contributed by atoms with Gasteiger partial charge >= 0.3 is 5.97 Å². The molecule has 0 saturated carbocycles. The zero-order chi connectivity index (χ0) is 22.3. The molecular weight excluding hydrogens is 416 g/mol. The Bertz CT molecular complexity index is 1330. The van der Waals surface area contributed by atoms with Crippen molar-refractivity contribution in [3.8, 4) is 11.4 Å². The van der Waals surface area contributed by atoms with Crippen molar-refractivity contribution < 1.29 is 17.9 Å². The van der Waals surface area contributed by atoms with Crippen molar-refractivity contribution >= 4 is 15.8 Å². The minimum Gasteiger partial charge on any atom is -0.461 e. The zero-order valence-electron chi connectivity index (χ0n) is 17.7. The second-order valence-corrected chi connectivity index (χ2v) is 9.52. The largest absolute Gasteiger partial charge is 0.461 e. The molecule has 31 heavy (non-hydrogen) atoms. The SMILES string of the molecule is CCOC(=O)c1cc2c(n1C)-c1c(cc(S(=O)(=O)c3ccccc3)c(=O)n1C)CCC2. The van der Waals surface area contributed by atoms with Crippen LogP contribution in [0.15, 0.2) is 57.1 Å². The van der Waals surface area contributed by atoms with Gasteiger partial charge in [0.2, 0.25) is 9.84 Å². The van der Waals surface area contributed by atoms with Gasteiger partial charge in [0.1, 0.15) is 10.6 Å². The first-order valence-corrected chi connectivity index (χ1v) is 11.6. The van der Waals surface area contributed by atoms with Crippen molar-refractivity contribution in [1.82, 2.24) is 9.13 Å². The number of ether oxygens (including phenoxy) is 1. The highest BCUT2D eigenvalue weighted by molar-refractivity contribution is 7.91. The Balaban J connectivity index is 1.95. The zero-order valence-corrected chi connectivity index (χ0v) is 18.5. The molecule has 4 rings (SSSR count). The van der Waals surface area contributed by atoms with Crippen molar-refractivity contribution in [2.24, 2.45) is 14.1 Å². The monoisotopic (exact) mass is 440 g/mol. The number of rotatable bonds is 4. The van der Waals surface area contributed by atoms with Gasteiger partial charge in [-0.25, -0.2) is 13.2 Å². The second kappa shape index (κ2) is 7.85. The molecule has 0 saturated heterocycles. The molecule has 0 aliphatic heterocycles. The molecule has 0 spiro atoms. The molecule has 1 aliphatic rings. The molecule has 2 heterocycles. The molecule has 0 N–H and O–H groups in total. The van der Waals surface area contributed by atoms with Gasteiger partial charge < -0.3 is 13.9 Å². The van der Waals surface area contributed by atoms with Crippen molar-refractivity contribution in [3.05, 3.63) is 69.6 Å². The Morgan fingerprint density at radius 3 is 2.26 bits per heavy atom. The molecular formula is C23H24N2O5S. The van der Waals surface area contributed by atoms with Gasteiger partial charge in [-0.1, -0.05) is 18.2 Å². The van der Waals surface area contributed by atoms with E-state index < -0.39 is 21.4 Å². The fraction of sp³-hybridized carbons (Fsp3) is 0.304. The van der Waals surface area contributed by atoms with Crippen LogP contribution < -0.4 is 5.56 Å². The third kappa shape index (κ3) is 3.40. The highest BCUT2D eigenvalue weighted by Crippen LogP contribution is 2.35. The quantitative estimate of drug-likeness (QED) is 0.582. The summed E-state index contributed by atoms with van der Waals surface area (Å²) in [5, 5.41) is 0. The number of carbonyl (C=O) groups excluding carboxylic acids is 1. The van der Waals surface area contributed by atoms with Gasteiger partial charge in [0, 0.05) is 14.1 Å². The minimum atomic E-state index is -3.95. The maximum absolute atomic E-state index is 13.2. The van der Waals surface area contributed by atoms with E-state index in [4.69, 9.17) is 4.74 Å². The summed E-state index contributed by atoms with van der Waals surface area (Å²) in [5.74, 6) is -0.423. The average Bonchev–Trinajstić information content (AvgIpc) is 2.95. The summed E-state index contributed by atoms with van der Waals surface area (Å²) in [6.07, 6.45) is 2.12. The van der Waals surface area contributed by atoms with Crippen LogP contribution in [0, 0.1) is 0 Å². The lowest BCUT2D eigenvalue weighted by molar-refractivity contribution is 0.0515. The third-order valence-corrected chi connectivity index (χ3v) is 7.48. The highest BCUT2D eigenvalue weighted by Gasteiger charge is 2.29. The van der Waals surface area contributed by atoms with Crippen LogP contribution in [0.1, 0.15) is 35.0 Å². The van der Waals surface area contributed by atoms with E-state index in [0.29, 0.717) is 24.2 Å². The molecule has 0 bridgehead atoms. The highest BCUT2D eigenvalue weighted by atomic mass is 32.2. The van der Waals surface area contributed by atoms with E-state index in [0.717, 1.165) is 23.2 Å². The molecule has 3 aromatic rings. The van der Waals surface area contributed by atoms with Gasteiger partial charge in [0.25, 0.3) is 5.56 Å². The van der Waals surface area contributed by atoms with Crippen LogP contribution in [0.25, 0.3) is 11.4 Å². The van der Waals surface area contributed by atoms with E-state index in [-0.39, 0.29) is 16.4 Å². The van der Waals surface area contributed by atoms with E-state index in [9.17, 15) is 18.0 Å². The first kappa shape index (κ1) is 21.1. The molecule has 0 fully saturated rings. The maximum Gasteiger partial charge on any atom is 0.354 e. The van der Waals surface area contributed by atoms with Crippen molar-refractivity contribution in [1.29, 1.82) is 0 Å².